The molecule has 0 radical (unpaired) electrons. The number of urea groups is 1. The van der Waals surface area contributed by atoms with Crippen LogP contribution in [0.5, 0.6) is 0 Å². The number of hydrogen-bond donors (Lipinski definition) is 2. The molecule has 0 spiro atoms. The summed E-state index contributed by atoms with van der Waals surface area (Å²) in [5.41, 5.74) is 2.72. The van der Waals surface area contributed by atoms with Crippen LogP contribution in [0.4, 0.5) is 10.5 Å². The summed E-state index contributed by atoms with van der Waals surface area (Å²) < 4.78 is 0. The normalized spacial score (nSPS) is 11.8. The molecule has 0 heterocycles. The number of anilines is 1. The highest BCUT2D eigenvalue weighted by Crippen LogP contribution is 2.15. The van der Waals surface area contributed by atoms with Gasteiger partial charge in [-0.2, -0.15) is 0 Å². The molecular weight excluding hydrogens is 240 g/mol. The third-order valence-electron chi connectivity index (χ3n) is 2.23. The molecular formula is C12H15ClN2O2. The third-order valence-corrected chi connectivity index (χ3v) is 2.43. The van der Waals surface area contributed by atoms with E-state index in [2.05, 4.69) is 10.6 Å². The lowest BCUT2D eigenvalue weighted by Crippen LogP contribution is -2.38. The van der Waals surface area contributed by atoms with E-state index in [9.17, 15) is 9.59 Å². The van der Waals surface area contributed by atoms with Crippen LogP contribution in [0.3, 0.4) is 0 Å². The Hall–Kier alpha value is -1.55. The van der Waals surface area contributed by atoms with Crippen molar-refractivity contribution in [3.63, 3.8) is 0 Å². The summed E-state index contributed by atoms with van der Waals surface area (Å²) in [6.45, 7) is 5.35. The van der Waals surface area contributed by atoms with Gasteiger partial charge in [0, 0.05) is 5.69 Å². The molecule has 0 aliphatic heterocycles. The molecule has 3 amide bonds. The Morgan fingerprint density at radius 1 is 1.29 bits per heavy atom. The summed E-state index contributed by atoms with van der Waals surface area (Å²) in [7, 11) is 0. The zero-order valence-electron chi connectivity index (χ0n) is 10.0. The van der Waals surface area contributed by atoms with E-state index in [-0.39, 0.29) is 0 Å². The number of imide groups is 1. The van der Waals surface area contributed by atoms with Gasteiger partial charge in [-0.25, -0.2) is 4.79 Å². The molecule has 0 unspecified atom stereocenters. The Morgan fingerprint density at radius 2 is 1.94 bits per heavy atom. The smallest absolute Gasteiger partial charge is 0.307 e. The minimum atomic E-state index is -0.736. The van der Waals surface area contributed by atoms with E-state index < -0.39 is 17.3 Å². The fourth-order valence-electron chi connectivity index (χ4n) is 1.32. The first kappa shape index (κ1) is 13.5. The van der Waals surface area contributed by atoms with Gasteiger partial charge in [0.05, 0.1) is 0 Å². The van der Waals surface area contributed by atoms with Crippen molar-refractivity contribution < 1.29 is 9.59 Å². The van der Waals surface area contributed by atoms with Crippen molar-refractivity contribution in [1.82, 2.24) is 5.32 Å². The van der Waals surface area contributed by atoms with Crippen LogP contribution in [0, 0.1) is 13.8 Å². The summed E-state index contributed by atoms with van der Waals surface area (Å²) in [6, 6.07) is 5.05. The molecule has 4 nitrogen and oxygen atoms in total. The molecule has 0 bridgehead atoms. The predicted molar refractivity (Wildman–Crippen MR) is 68.4 cm³/mol. The molecule has 2 N–H and O–H groups in total. The van der Waals surface area contributed by atoms with Gasteiger partial charge in [0.25, 0.3) is 0 Å². The monoisotopic (exact) mass is 254 g/mol. The molecule has 92 valence electrons. The quantitative estimate of drug-likeness (QED) is 0.797. The number of alkyl halides is 1. The van der Waals surface area contributed by atoms with Gasteiger partial charge in [-0.1, -0.05) is 17.7 Å². The molecule has 0 aromatic heterocycles. The van der Waals surface area contributed by atoms with Gasteiger partial charge < -0.3 is 5.32 Å². The molecule has 0 aliphatic carbocycles. The van der Waals surface area contributed by atoms with Gasteiger partial charge >= 0.3 is 6.03 Å². The minimum Gasteiger partial charge on any atom is -0.307 e. The number of carbonyl (C=O) groups is 2. The highest BCUT2D eigenvalue weighted by molar-refractivity contribution is 6.31. The van der Waals surface area contributed by atoms with Crippen molar-refractivity contribution in [2.45, 2.75) is 26.1 Å². The Kier molecular flexibility index (Phi) is 4.52. The second-order valence-corrected chi connectivity index (χ2v) is 4.53. The standard InChI is InChI=1S/C12H15ClN2O2/c1-7-4-5-10(8(2)6-7)14-12(17)15-11(16)9(3)13/h4-6,9H,1-3H3,(H2,14,15,16,17)/t9-/m1/s1. The number of hydrogen-bond acceptors (Lipinski definition) is 2. The zero-order valence-corrected chi connectivity index (χ0v) is 10.8. The largest absolute Gasteiger partial charge is 0.325 e. The predicted octanol–water partition coefficient (Wildman–Crippen LogP) is 2.58. The molecule has 0 saturated carbocycles. The van der Waals surface area contributed by atoms with Crippen molar-refractivity contribution in [2.75, 3.05) is 5.32 Å². The first-order valence-corrected chi connectivity index (χ1v) is 5.67. The van der Waals surface area contributed by atoms with Crippen LogP contribution in [-0.4, -0.2) is 17.3 Å². The zero-order chi connectivity index (χ0) is 13.0. The van der Waals surface area contributed by atoms with Crippen LogP contribution >= 0.6 is 11.6 Å². The highest BCUT2D eigenvalue weighted by atomic mass is 35.5. The second-order valence-electron chi connectivity index (χ2n) is 3.88. The van der Waals surface area contributed by atoms with Crippen LogP contribution in [0.25, 0.3) is 0 Å². The van der Waals surface area contributed by atoms with Crippen molar-refractivity contribution in [3.05, 3.63) is 29.3 Å². The van der Waals surface area contributed by atoms with Gasteiger partial charge in [-0.05, 0) is 32.4 Å². The van der Waals surface area contributed by atoms with E-state index in [0.717, 1.165) is 11.1 Å². The maximum Gasteiger partial charge on any atom is 0.325 e. The fraction of sp³-hybridized carbons (Fsp3) is 0.333. The number of rotatable bonds is 2. The number of amides is 3. The van der Waals surface area contributed by atoms with E-state index in [1.54, 1.807) is 6.07 Å². The van der Waals surface area contributed by atoms with Crippen LogP contribution < -0.4 is 10.6 Å². The van der Waals surface area contributed by atoms with E-state index in [1.807, 2.05) is 26.0 Å². The minimum absolute atomic E-state index is 0.520. The first-order chi connectivity index (χ1) is 7.90. The molecule has 5 heteroatoms. The fourth-order valence-corrected chi connectivity index (χ4v) is 1.37. The first-order valence-electron chi connectivity index (χ1n) is 5.23. The number of aryl methyl sites for hydroxylation is 2. The number of carbonyl (C=O) groups excluding carboxylic acids is 2. The Morgan fingerprint density at radius 3 is 2.47 bits per heavy atom. The van der Waals surface area contributed by atoms with Crippen molar-refractivity contribution in [3.8, 4) is 0 Å². The van der Waals surface area contributed by atoms with Gasteiger partial charge in [0.15, 0.2) is 0 Å². The Balaban J connectivity index is 2.65. The summed E-state index contributed by atoms with van der Waals surface area (Å²) in [6.07, 6.45) is 0. The van der Waals surface area contributed by atoms with Gasteiger partial charge in [-0.15, -0.1) is 11.6 Å². The topological polar surface area (TPSA) is 58.2 Å². The Bertz CT molecular complexity index is 444. The summed E-state index contributed by atoms with van der Waals surface area (Å²) in [4.78, 5) is 22.6. The SMILES string of the molecule is Cc1ccc(NC(=O)NC(=O)[C@@H](C)Cl)c(C)c1. The van der Waals surface area contributed by atoms with E-state index >= 15 is 0 Å². The average Bonchev–Trinajstić information content (AvgIpc) is 2.22. The van der Waals surface area contributed by atoms with Crippen molar-refractivity contribution in [2.24, 2.45) is 0 Å². The maximum atomic E-state index is 11.5. The maximum absolute atomic E-state index is 11.5. The second kappa shape index (κ2) is 5.68. The lowest BCUT2D eigenvalue weighted by molar-refractivity contribution is -0.119. The van der Waals surface area contributed by atoms with Crippen LogP contribution in [-0.2, 0) is 4.79 Å². The lowest BCUT2D eigenvalue weighted by Gasteiger charge is -2.10. The van der Waals surface area contributed by atoms with E-state index in [0.29, 0.717) is 5.69 Å². The Labute approximate surface area is 105 Å². The molecule has 0 fully saturated rings. The van der Waals surface area contributed by atoms with E-state index in [1.165, 1.54) is 6.92 Å². The van der Waals surface area contributed by atoms with Crippen molar-refractivity contribution >= 4 is 29.2 Å². The van der Waals surface area contributed by atoms with Gasteiger partial charge in [0.1, 0.15) is 5.38 Å². The van der Waals surface area contributed by atoms with Gasteiger partial charge in [-0.3, -0.25) is 10.1 Å². The third kappa shape index (κ3) is 4.07. The van der Waals surface area contributed by atoms with Crippen LogP contribution in [0.2, 0.25) is 0 Å². The molecule has 1 rings (SSSR count). The number of halogens is 1. The van der Waals surface area contributed by atoms with Crippen LogP contribution in [0.15, 0.2) is 18.2 Å². The molecule has 1 atom stereocenters. The molecule has 0 aliphatic rings. The number of nitrogens with one attached hydrogen (secondary N) is 2. The lowest BCUT2D eigenvalue weighted by atomic mass is 10.1. The van der Waals surface area contributed by atoms with Gasteiger partial charge in [0.2, 0.25) is 5.91 Å². The van der Waals surface area contributed by atoms with Crippen LogP contribution in [0.1, 0.15) is 18.1 Å². The summed E-state index contributed by atoms with van der Waals surface area (Å²) >= 11 is 5.54. The summed E-state index contributed by atoms with van der Waals surface area (Å²) in [5.74, 6) is -0.520. The number of benzene rings is 1. The molecule has 1 aromatic carbocycles. The molecule has 1 aromatic rings. The van der Waals surface area contributed by atoms with Crippen molar-refractivity contribution in [1.29, 1.82) is 0 Å². The molecule has 17 heavy (non-hydrogen) atoms. The summed E-state index contributed by atoms with van der Waals surface area (Å²) in [5, 5.41) is 4.01. The average molecular weight is 255 g/mol. The molecule has 0 saturated heterocycles. The highest BCUT2D eigenvalue weighted by Gasteiger charge is 2.13. The van der Waals surface area contributed by atoms with E-state index in [4.69, 9.17) is 11.6 Å².